The lowest BCUT2D eigenvalue weighted by atomic mass is 9.96. The first-order valence-corrected chi connectivity index (χ1v) is 5.40. The number of nitrogens with two attached hydrogens (primary N) is 1. The van der Waals surface area contributed by atoms with E-state index < -0.39 is 17.8 Å². The Hall–Kier alpha value is -1.49. The number of hydrogen-bond acceptors (Lipinski definition) is 2. The summed E-state index contributed by atoms with van der Waals surface area (Å²) in [6, 6.07) is 3.08. The predicted octanol–water partition coefficient (Wildman–Crippen LogP) is 3.68. The molecule has 0 saturated heterocycles. The third-order valence-electron chi connectivity index (χ3n) is 2.53. The second kappa shape index (κ2) is 5.44. The number of ether oxygens (including phenoxy) is 1. The van der Waals surface area contributed by atoms with Crippen LogP contribution in [-0.4, -0.2) is 7.11 Å². The van der Waals surface area contributed by atoms with Gasteiger partial charge in [-0.25, -0.2) is 0 Å². The summed E-state index contributed by atoms with van der Waals surface area (Å²) in [6.45, 7) is 5.39. The fourth-order valence-corrected chi connectivity index (χ4v) is 1.72. The van der Waals surface area contributed by atoms with Crippen molar-refractivity contribution in [1.29, 1.82) is 0 Å². The average molecular weight is 259 g/mol. The van der Waals surface area contributed by atoms with Gasteiger partial charge in [0.15, 0.2) is 0 Å². The zero-order valence-electron chi connectivity index (χ0n) is 10.3. The van der Waals surface area contributed by atoms with E-state index in [9.17, 15) is 13.2 Å². The summed E-state index contributed by atoms with van der Waals surface area (Å²) in [5, 5.41) is 0. The van der Waals surface area contributed by atoms with E-state index in [2.05, 4.69) is 6.58 Å². The fourth-order valence-electron chi connectivity index (χ4n) is 1.72. The van der Waals surface area contributed by atoms with Gasteiger partial charge in [-0.3, -0.25) is 0 Å². The highest BCUT2D eigenvalue weighted by atomic mass is 19.4. The van der Waals surface area contributed by atoms with Crippen LogP contribution in [0.15, 0.2) is 30.4 Å². The van der Waals surface area contributed by atoms with E-state index >= 15 is 0 Å². The molecule has 0 aliphatic heterocycles. The first-order valence-electron chi connectivity index (χ1n) is 5.40. The van der Waals surface area contributed by atoms with E-state index in [1.807, 2.05) is 0 Å². The third kappa shape index (κ3) is 3.50. The molecule has 0 fully saturated rings. The minimum Gasteiger partial charge on any atom is -0.497 e. The molecule has 0 aromatic heterocycles. The van der Waals surface area contributed by atoms with Gasteiger partial charge in [0.2, 0.25) is 0 Å². The van der Waals surface area contributed by atoms with Gasteiger partial charge >= 0.3 is 6.18 Å². The molecule has 0 spiro atoms. The normalized spacial score (nSPS) is 13.2. The van der Waals surface area contributed by atoms with Crippen molar-refractivity contribution < 1.29 is 17.9 Å². The lowest BCUT2D eigenvalue weighted by Gasteiger charge is -2.19. The van der Waals surface area contributed by atoms with Gasteiger partial charge in [-0.2, -0.15) is 13.2 Å². The van der Waals surface area contributed by atoms with E-state index in [4.69, 9.17) is 10.5 Å². The standard InChI is InChI=1S/C13H16F3NO/c1-8(2)6-12(17)10-5-4-9(18-3)7-11(10)13(14,15)16/h4-5,7,12H,1,6,17H2,2-3H3/t12-/m1/s1. The Morgan fingerprint density at radius 2 is 2.06 bits per heavy atom. The highest BCUT2D eigenvalue weighted by molar-refractivity contribution is 5.39. The first-order chi connectivity index (χ1) is 8.25. The number of halogens is 3. The monoisotopic (exact) mass is 259 g/mol. The highest BCUT2D eigenvalue weighted by Crippen LogP contribution is 2.37. The Labute approximate surface area is 104 Å². The van der Waals surface area contributed by atoms with Crippen molar-refractivity contribution >= 4 is 0 Å². The van der Waals surface area contributed by atoms with E-state index in [-0.39, 0.29) is 11.3 Å². The van der Waals surface area contributed by atoms with E-state index in [1.165, 1.54) is 19.2 Å². The van der Waals surface area contributed by atoms with E-state index in [0.717, 1.165) is 11.6 Å². The van der Waals surface area contributed by atoms with Crippen LogP contribution >= 0.6 is 0 Å². The average Bonchev–Trinajstić information content (AvgIpc) is 2.26. The molecule has 0 amide bonds. The highest BCUT2D eigenvalue weighted by Gasteiger charge is 2.35. The Morgan fingerprint density at radius 1 is 1.44 bits per heavy atom. The predicted molar refractivity (Wildman–Crippen MR) is 64.4 cm³/mol. The lowest BCUT2D eigenvalue weighted by molar-refractivity contribution is -0.138. The number of alkyl halides is 3. The minimum atomic E-state index is -4.45. The van der Waals surface area contributed by atoms with Crippen LogP contribution in [-0.2, 0) is 6.18 Å². The van der Waals surface area contributed by atoms with Crippen molar-refractivity contribution in [2.45, 2.75) is 25.6 Å². The molecule has 1 aromatic carbocycles. The molecule has 0 saturated carbocycles. The Bertz CT molecular complexity index is 440. The summed E-state index contributed by atoms with van der Waals surface area (Å²) in [4.78, 5) is 0. The van der Waals surface area contributed by atoms with Crippen molar-refractivity contribution in [1.82, 2.24) is 0 Å². The second-order valence-corrected chi connectivity index (χ2v) is 4.22. The molecule has 5 heteroatoms. The Morgan fingerprint density at radius 3 is 2.50 bits per heavy atom. The van der Waals surface area contributed by atoms with Crippen LogP contribution in [0.25, 0.3) is 0 Å². The smallest absolute Gasteiger partial charge is 0.416 e. The molecule has 18 heavy (non-hydrogen) atoms. The van der Waals surface area contributed by atoms with Gasteiger partial charge < -0.3 is 10.5 Å². The second-order valence-electron chi connectivity index (χ2n) is 4.22. The van der Waals surface area contributed by atoms with Crippen molar-refractivity contribution in [2.75, 3.05) is 7.11 Å². The lowest BCUT2D eigenvalue weighted by Crippen LogP contribution is -2.17. The summed E-state index contributed by atoms with van der Waals surface area (Å²) in [6.07, 6.45) is -4.13. The molecule has 0 radical (unpaired) electrons. The molecule has 100 valence electrons. The molecule has 1 aromatic rings. The van der Waals surface area contributed by atoms with Crippen LogP contribution in [0.4, 0.5) is 13.2 Å². The molecule has 0 bridgehead atoms. The van der Waals surface area contributed by atoms with Crippen LogP contribution in [0.5, 0.6) is 5.75 Å². The van der Waals surface area contributed by atoms with Gasteiger partial charge in [0.1, 0.15) is 5.75 Å². The van der Waals surface area contributed by atoms with Crippen molar-refractivity contribution in [2.24, 2.45) is 5.73 Å². The molecule has 0 heterocycles. The quantitative estimate of drug-likeness (QED) is 0.837. The first kappa shape index (κ1) is 14.6. The van der Waals surface area contributed by atoms with Crippen LogP contribution in [0.1, 0.15) is 30.5 Å². The number of benzene rings is 1. The van der Waals surface area contributed by atoms with E-state index in [1.54, 1.807) is 6.92 Å². The number of hydrogen-bond donors (Lipinski definition) is 1. The summed E-state index contributed by atoms with van der Waals surface area (Å²) in [7, 11) is 1.32. The largest absolute Gasteiger partial charge is 0.497 e. The number of rotatable bonds is 4. The van der Waals surface area contributed by atoms with Crippen LogP contribution in [0.3, 0.4) is 0 Å². The topological polar surface area (TPSA) is 35.2 Å². The summed E-state index contributed by atoms with van der Waals surface area (Å²) in [5.41, 5.74) is 5.83. The van der Waals surface area contributed by atoms with Crippen molar-refractivity contribution in [3.8, 4) is 5.75 Å². The Balaban J connectivity index is 3.22. The molecule has 0 aliphatic carbocycles. The molecular formula is C13H16F3NO. The molecule has 1 atom stereocenters. The van der Waals surface area contributed by atoms with Gasteiger partial charge in [-0.15, -0.1) is 6.58 Å². The van der Waals surface area contributed by atoms with Crippen molar-refractivity contribution in [3.63, 3.8) is 0 Å². The fraction of sp³-hybridized carbons (Fsp3) is 0.385. The van der Waals surface area contributed by atoms with Crippen LogP contribution in [0, 0.1) is 0 Å². The Kier molecular flexibility index (Phi) is 4.40. The summed E-state index contributed by atoms with van der Waals surface area (Å²) >= 11 is 0. The van der Waals surface area contributed by atoms with Gasteiger partial charge in [-0.1, -0.05) is 11.6 Å². The molecule has 0 unspecified atom stereocenters. The zero-order valence-corrected chi connectivity index (χ0v) is 10.3. The van der Waals surface area contributed by atoms with Gasteiger partial charge in [0.25, 0.3) is 0 Å². The maximum atomic E-state index is 12.9. The minimum absolute atomic E-state index is 0.0614. The van der Waals surface area contributed by atoms with Crippen LogP contribution < -0.4 is 10.5 Å². The van der Waals surface area contributed by atoms with Gasteiger partial charge in [-0.05, 0) is 31.0 Å². The van der Waals surface area contributed by atoms with Gasteiger partial charge in [0.05, 0.1) is 12.7 Å². The van der Waals surface area contributed by atoms with Gasteiger partial charge in [0, 0.05) is 6.04 Å². The SMILES string of the molecule is C=C(C)C[C@@H](N)c1ccc(OC)cc1C(F)(F)F. The molecular weight excluding hydrogens is 243 g/mol. The molecule has 0 aliphatic rings. The molecule has 1 rings (SSSR count). The molecule has 2 nitrogen and oxygen atoms in total. The molecule has 2 N–H and O–H groups in total. The third-order valence-corrected chi connectivity index (χ3v) is 2.53. The number of methoxy groups -OCH3 is 1. The maximum absolute atomic E-state index is 12.9. The van der Waals surface area contributed by atoms with E-state index in [0.29, 0.717) is 6.42 Å². The summed E-state index contributed by atoms with van der Waals surface area (Å²) < 4.78 is 43.6. The van der Waals surface area contributed by atoms with Crippen LogP contribution in [0.2, 0.25) is 0 Å². The zero-order chi connectivity index (χ0) is 13.9. The maximum Gasteiger partial charge on any atom is 0.416 e. The summed E-state index contributed by atoms with van der Waals surface area (Å²) in [5.74, 6) is 0.161. The van der Waals surface area contributed by atoms with Crippen molar-refractivity contribution in [3.05, 3.63) is 41.5 Å².